The number of fused-ring (bicyclic) bond motifs is 1. The highest BCUT2D eigenvalue weighted by atomic mass is 16.3. The second kappa shape index (κ2) is 6.17. The lowest BCUT2D eigenvalue weighted by atomic mass is 9.82. The molecule has 110 valence electrons. The van der Waals surface area contributed by atoms with Gasteiger partial charge in [-0.2, -0.15) is 0 Å². The summed E-state index contributed by atoms with van der Waals surface area (Å²) in [5, 5.41) is 13.5. The molecule has 2 aliphatic carbocycles. The van der Waals surface area contributed by atoms with Gasteiger partial charge in [-0.15, -0.1) is 0 Å². The van der Waals surface area contributed by atoms with Crippen LogP contribution in [-0.4, -0.2) is 11.1 Å². The molecule has 1 saturated carbocycles. The highest BCUT2D eigenvalue weighted by Gasteiger charge is 2.25. The van der Waals surface area contributed by atoms with Crippen LogP contribution < -0.4 is 5.32 Å². The van der Waals surface area contributed by atoms with Gasteiger partial charge < -0.3 is 10.4 Å². The molecular weight excluding hydrogens is 246 g/mol. The molecule has 0 saturated heterocycles. The molecule has 1 atom stereocenters. The van der Waals surface area contributed by atoms with E-state index in [9.17, 15) is 5.11 Å². The van der Waals surface area contributed by atoms with Crippen LogP contribution in [0.15, 0.2) is 18.2 Å². The molecule has 1 aromatic carbocycles. The van der Waals surface area contributed by atoms with E-state index in [-0.39, 0.29) is 0 Å². The van der Waals surface area contributed by atoms with Crippen molar-refractivity contribution in [3.8, 4) is 5.75 Å². The van der Waals surface area contributed by atoms with Gasteiger partial charge in [-0.05, 0) is 74.1 Å². The van der Waals surface area contributed by atoms with Crippen molar-refractivity contribution < 1.29 is 5.11 Å². The van der Waals surface area contributed by atoms with Gasteiger partial charge in [0.25, 0.3) is 0 Å². The van der Waals surface area contributed by atoms with Gasteiger partial charge in [-0.25, -0.2) is 0 Å². The van der Waals surface area contributed by atoms with Crippen molar-refractivity contribution in [3.05, 3.63) is 29.3 Å². The summed E-state index contributed by atoms with van der Waals surface area (Å²) in [6.45, 7) is 2.32. The molecule has 2 aliphatic rings. The third-order valence-corrected chi connectivity index (χ3v) is 5.30. The Bertz CT molecular complexity index is 449. The minimum atomic E-state index is 0.410. The Balaban J connectivity index is 1.65. The van der Waals surface area contributed by atoms with Gasteiger partial charge in [0.1, 0.15) is 5.75 Å². The number of rotatable bonds is 3. The van der Waals surface area contributed by atoms with Gasteiger partial charge in [-0.1, -0.05) is 19.4 Å². The Hall–Kier alpha value is -1.02. The van der Waals surface area contributed by atoms with E-state index < -0.39 is 0 Å². The largest absolute Gasteiger partial charge is 0.508 e. The number of nitrogens with one attached hydrogen (secondary N) is 1. The molecule has 1 fully saturated rings. The van der Waals surface area contributed by atoms with Gasteiger partial charge in [0.2, 0.25) is 0 Å². The zero-order valence-electron chi connectivity index (χ0n) is 12.6. The topological polar surface area (TPSA) is 32.3 Å². The van der Waals surface area contributed by atoms with Crippen molar-refractivity contribution in [2.45, 2.75) is 70.4 Å². The fraction of sp³-hybridized carbons (Fsp3) is 0.667. The van der Waals surface area contributed by atoms with Crippen molar-refractivity contribution in [3.63, 3.8) is 0 Å². The molecule has 0 aliphatic heterocycles. The van der Waals surface area contributed by atoms with E-state index in [0.29, 0.717) is 17.8 Å². The van der Waals surface area contributed by atoms with E-state index in [0.717, 1.165) is 12.3 Å². The van der Waals surface area contributed by atoms with Crippen molar-refractivity contribution in [2.75, 3.05) is 0 Å². The van der Waals surface area contributed by atoms with E-state index >= 15 is 0 Å². The molecule has 0 spiro atoms. The molecular formula is C18H27NO. The lowest BCUT2D eigenvalue weighted by molar-refractivity contribution is 0.262. The summed E-state index contributed by atoms with van der Waals surface area (Å²) in [4.78, 5) is 0. The smallest absolute Gasteiger partial charge is 0.115 e. The molecule has 2 nitrogen and oxygen atoms in total. The summed E-state index contributed by atoms with van der Waals surface area (Å²) >= 11 is 0. The molecule has 1 aromatic rings. The standard InChI is InChI=1S/C18H27NO/c1-2-13-6-8-15(9-7-13)19-18-5-3-4-14-12-16(20)10-11-17(14)18/h10-13,15,18-20H,2-9H2,1H3. The first-order chi connectivity index (χ1) is 9.76. The molecule has 0 aromatic heterocycles. The number of hydrogen-bond donors (Lipinski definition) is 2. The average Bonchev–Trinajstić information content (AvgIpc) is 2.48. The molecule has 2 heteroatoms. The van der Waals surface area contributed by atoms with E-state index in [4.69, 9.17) is 0 Å². The van der Waals surface area contributed by atoms with E-state index in [1.165, 1.54) is 56.1 Å². The second-order valence-electron chi connectivity index (χ2n) is 6.62. The molecule has 20 heavy (non-hydrogen) atoms. The number of hydrogen-bond acceptors (Lipinski definition) is 2. The summed E-state index contributed by atoms with van der Waals surface area (Å²) < 4.78 is 0. The summed E-state index contributed by atoms with van der Waals surface area (Å²) in [6, 6.07) is 7.12. The quantitative estimate of drug-likeness (QED) is 0.859. The second-order valence-corrected chi connectivity index (χ2v) is 6.62. The zero-order chi connectivity index (χ0) is 13.9. The monoisotopic (exact) mass is 273 g/mol. The SMILES string of the molecule is CCC1CCC(NC2CCCc3cc(O)ccc32)CC1. The minimum absolute atomic E-state index is 0.410. The molecule has 3 rings (SSSR count). The van der Waals surface area contributed by atoms with Crippen molar-refractivity contribution in [1.29, 1.82) is 0 Å². The number of aryl methyl sites for hydroxylation is 1. The van der Waals surface area contributed by atoms with Gasteiger partial charge in [0, 0.05) is 12.1 Å². The lowest BCUT2D eigenvalue weighted by Crippen LogP contribution is -2.37. The third kappa shape index (κ3) is 3.01. The molecule has 0 bridgehead atoms. The van der Waals surface area contributed by atoms with Crippen LogP contribution in [-0.2, 0) is 6.42 Å². The Labute approximate surface area is 122 Å². The maximum absolute atomic E-state index is 9.63. The van der Waals surface area contributed by atoms with Crippen LogP contribution in [0.4, 0.5) is 0 Å². The van der Waals surface area contributed by atoms with E-state index in [1.807, 2.05) is 12.1 Å². The number of phenols is 1. The highest BCUT2D eigenvalue weighted by molar-refractivity contribution is 5.38. The Morgan fingerprint density at radius 3 is 2.70 bits per heavy atom. The van der Waals surface area contributed by atoms with Crippen LogP contribution in [0.5, 0.6) is 5.75 Å². The first-order valence-corrected chi connectivity index (χ1v) is 8.34. The number of benzene rings is 1. The van der Waals surface area contributed by atoms with Gasteiger partial charge >= 0.3 is 0 Å². The van der Waals surface area contributed by atoms with Gasteiger partial charge in [0.05, 0.1) is 0 Å². The summed E-state index contributed by atoms with van der Waals surface area (Å²) in [5.41, 5.74) is 2.77. The summed E-state index contributed by atoms with van der Waals surface area (Å²) in [7, 11) is 0. The van der Waals surface area contributed by atoms with Crippen molar-refractivity contribution in [2.24, 2.45) is 5.92 Å². The zero-order valence-corrected chi connectivity index (χ0v) is 12.6. The molecule has 0 amide bonds. The van der Waals surface area contributed by atoms with Gasteiger partial charge in [0.15, 0.2) is 0 Å². The normalized spacial score (nSPS) is 29.9. The van der Waals surface area contributed by atoms with E-state index in [2.05, 4.69) is 18.3 Å². The average molecular weight is 273 g/mol. The van der Waals surface area contributed by atoms with Crippen LogP contribution in [0, 0.1) is 5.92 Å². The highest BCUT2D eigenvalue weighted by Crippen LogP contribution is 2.34. The van der Waals surface area contributed by atoms with Crippen molar-refractivity contribution in [1.82, 2.24) is 5.32 Å². The molecule has 2 N–H and O–H groups in total. The molecule has 0 radical (unpaired) electrons. The predicted molar refractivity (Wildman–Crippen MR) is 83.0 cm³/mol. The Morgan fingerprint density at radius 1 is 1.15 bits per heavy atom. The predicted octanol–water partition coefficient (Wildman–Crippen LogP) is 4.33. The number of phenolic OH excluding ortho intramolecular Hbond substituents is 1. The van der Waals surface area contributed by atoms with Crippen LogP contribution >= 0.6 is 0 Å². The summed E-state index contributed by atoms with van der Waals surface area (Å²) in [6.07, 6.45) is 10.4. The molecule has 1 unspecified atom stereocenters. The fourth-order valence-electron chi connectivity index (χ4n) is 4.00. The van der Waals surface area contributed by atoms with Crippen LogP contribution in [0.25, 0.3) is 0 Å². The minimum Gasteiger partial charge on any atom is -0.508 e. The Kier molecular flexibility index (Phi) is 4.30. The van der Waals surface area contributed by atoms with E-state index in [1.54, 1.807) is 0 Å². The number of aromatic hydroxyl groups is 1. The third-order valence-electron chi connectivity index (χ3n) is 5.30. The first kappa shape index (κ1) is 13.9. The van der Waals surface area contributed by atoms with Crippen LogP contribution in [0.2, 0.25) is 0 Å². The maximum Gasteiger partial charge on any atom is 0.115 e. The first-order valence-electron chi connectivity index (χ1n) is 8.34. The Morgan fingerprint density at radius 2 is 1.95 bits per heavy atom. The maximum atomic E-state index is 9.63. The lowest BCUT2D eigenvalue weighted by Gasteiger charge is -2.34. The van der Waals surface area contributed by atoms with Crippen LogP contribution in [0.1, 0.15) is 69.0 Å². The summed E-state index contributed by atoms with van der Waals surface area (Å²) in [5.74, 6) is 1.37. The van der Waals surface area contributed by atoms with Crippen molar-refractivity contribution >= 4 is 0 Å². The van der Waals surface area contributed by atoms with Gasteiger partial charge in [-0.3, -0.25) is 0 Å². The molecule has 0 heterocycles. The van der Waals surface area contributed by atoms with Crippen LogP contribution in [0.3, 0.4) is 0 Å². The fourth-order valence-corrected chi connectivity index (χ4v) is 4.00.